The molecule has 1 aromatic carbocycles. The molecule has 53 heavy (non-hydrogen) atoms. The van der Waals surface area contributed by atoms with Crippen molar-refractivity contribution in [1.82, 2.24) is 10.6 Å². The average molecular weight is 776 g/mol. The number of aliphatic hydroxyl groups excluding tert-OH is 8. The zero-order chi connectivity index (χ0) is 39.2. The molecule has 0 aromatic heterocycles. The van der Waals surface area contributed by atoms with Gasteiger partial charge in [0, 0.05) is 37.8 Å². The highest BCUT2D eigenvalue weighted by molar-refractivity contribution is 7.85. The van der Waals surface area contributed by atoms with Crippen molar-refractivity contribution in [1.29, 1.82) is 0 Å². The van der Waals surface area contributed by atoms with Crippen LogP contribution in [-0.4, -0.2) is 157 Å². The maximum Gasteiger partial charge on any atom is 0.220 e. The number of unbranched alkanes of at least 4 members (excludes halogenated alkanes) is 4. The number of amides is 2. The predicted molar refractivity (Wildman–Crippen MR) is 183 cm³/mol. The molecule has 0 spiro atoms. The smallest absolute Gasteiger partial charge is 0.220 e. The van der Waals surface area contributed by atoms with Crippen molar-refractivity contribution in [2.24, 2.45) is 0 Å². The van der Waals surface area contributed by atoms with E-state index >= 15 is 0 Å². The molecule has 4 rings (SSSR count). The van der Waals surface area contributed by atoms with E-state index in [2.05, 4.69) is 15.2 Å². The minimum absolute atomic E-state index is 0.0515. The van der Waals surface area contributed by atoms with Crippen LogP contribution in [0.2, 0.25) is 0 Å². The Morgan fingerprint density at radius 1 is 0.792 bits per heavy atom. The predicted octanol–water partition coefficient (Wildman–Crippen LogP) is -2.69. The molecule has 2 amide bonds. The highest BCUT2D eigenvalue weighted by atomic mass is 32.2. The largest absolute Gasteiger partial charge is 0.744 e. The third-order valence-electron chi connectivity index (χ3n) is 10.7. The normalized spacial score (nSPS) is 33.1. The van der Waals surface area contributed by atoms with E-state index in [1.165, 1.54) is 12.1 Å². The number of aliphatic hydroxyl groups is 8. The number of benzene rings is 1. The van der Waals surface area contributed by atoms with Crippen LogP contribution in [0, 0.1) is 0 Å². The van der Waals surface area contributed by atoms with Gasteiger partial charge in [0.15, 0.2) is 18.3 Å². The van der Waals surface area contributed by atoms with E-state index in [1.54, 1.807) is 6.07 Å². The maximum atomic E-state index is 12.6. The lowest BCUT2D eigenvalue weighted by atomic mass is 9.76. The molecule has 0 bridgehead atoms. The first kappa shape index (κ1) is 43.1. The van der Waals surface area contributed by atoms with Gasteiger partial charge in [-0.3, -0.25) is 9.59 Å². The summed E-state index contributed by atoms with van der Waals surface area (Å²) in [6.45, 7) is 3.18. The Bertz CT molecular complexity index is 1580. The van der Waals surface area contributed by atoms with Crippen LogP contribution in [0.25, 0.3) is 0 Å². The van der Waals surface area contributed by atoms with Crippen LogP contribution < -0.4 is 10.6 Å². The van der Waals surface area contributed by atoms with Gasteiger partial charge in [0.05, 0.1) is 23.5 Å². The Balaban J connectivity index is 1.31. The second kappa shape index (κ2) is 18.3. The van der Waals surface area contributed by atoms with Crippen molar-refractivity contribution >= 4 is 33.3 Å². The summed E-state index contributed by atoms with van der Waals surface area (Å²) < 4.78 is 48.0. The zero-order valence-electron chi connectivity index (χ0n) is 29.8. The Labute approximate surface area is 307 Å². The van der Waals surface area contributed by atoms with Crippen LogP contribution in [0.1, 0.15) is 77.2 Å². The number of nitrogens with zero attached hydrogens (tertiary/aromatic N) is 1. The first-order chi connectivity index (χ1) is 24.9. The summed E-state index contributed by atoms with van der Waals surface area (Å²) in [5.74, 6) is -0.946. The van der Waals surface area contributed by atoms with Gasteiger partial charge in [-0.05, 0) is 44.7 Å². The van der Waals surface area contributed by atoms with Crippen LogP contribution in [-0.2, 0) is 34.6 Å². The van der Waals surface area contributed by atoms with Crippen molar-refractivity contribution in [2.75, 3.05) is 19.8 Å². The van der Waals surface area contributed by atoms with Crippen molar-refractivity contribution < 1.29 is 77.5 Å². The topological polar surface area (TPSA) is 299 Å². The van der Waals surface area contributed by atoms with Gasteiger partial charge in [0.25, 0.3) is 0 Å². The summed E-state index contributed by atoms with van der Waals surface area (Å²) in [7, 11) is -4.73. The number of rotatable bonds is 17. The number of ether oxygens (including phenoxy) is 2. The molecule has 1 aromatic rings. The van der Waals surface area contributed by atoms with E-state index in [-0.39, 0.29) is 17.7 Å². The minimum Gasteiger partial charge on any atom is -0.744 e. The second-order valence-electron chi connectivity index (χ2n) is 14.2. The lowest BCUT2D eigenvalue weighted by Gasteiger charge is -2.40. The van der Waals surface area contributed by atoms with Gasteiger partial charge in [-0.1, -0.05) is 12.8 Å². The Morgan fingerprint density at radius 3 is 1.75 bits per heavy atom. The lowest BCUT2D eigenvalue weighted by molar-refractivity contribution is -0.439. The highest BCUT2D eigenvalue weighted by Gasteiger charge is 2.47. The second-order valence-corrected chi connectivity index (χ2v) is 15.6. The Hall–Kier alpha value is -2.66. The number of fused-ring (bicyclic) bond motifs is 1. The number of nitrogens with one attached hydrogen (secondary N) is 2. The van der Waals surface area contributed by atoms with Crippen LogP contribution in [0.3, 0.4) is 0 Å². The first-order valence-electron chi connectivity index (χ1n) is 17.9. The molecular formula is C34H53N3O15S. The fraction of sp³-hybridized carbons (Fsp3) is 0.735. The molecule has 2 fully saturated rings. The summed E-state index contributed by atoms with van der Waals surface area (Å²) in [5.41, 5.74) is 1.73. The molecule has 300 valence electrons. The van der Waals surface area contributed by atoms with Crippen molar-refractivity contribution in [2.45, 2.75) is 143 Å². The number of carbonyl (C=O) groups is 2. The van der Waals surface area contributed by atoms with Crippen LogP contribution in [0.15, 0.2) is 23.1 Å². The Morgan fingerprint density at radius 2 is 1.28 bits per heavy atom. The van der Waals surface area contributed by atoms with Gasteiger partial charge in [-0.15, -0.1) is 0 Å². The lowest BCUT2D eigenvalue weighted by Crippen LogP contribution is -2.64. The third kappa shape index (κ3) is 9.96. The van der Waals surface area contributed by atoms with Gasteiger partial charge < -0.3 is 65.5 Å². The minimum atomic E-state index is -4.73. The summed E-state index contributed by atoms with van der Waals surface area (Å²) in [4.78, 5) is 24.8. The van der Waals surface area contributed by atoms with Crippen LogP contribution in [0.5, 0.6) is 0 Å². The van der Waals surface area contributed by atoms with Gasteiger partial charge in [-0.2, -0.15) is 4.58 Å². The zero-order valence-corrected chi connectivity index (χ0v) is 30.6. The summed E-state index contributed by atoms with van der Waals surface area (Å²) in [6.07, 6.45) is -7.64. The Kier molecular flexibility index (Phi) is 14.9. The first-order valence-corrected chi connectivity index (χ1v) is 19.3. The van der Waals surface area contributed by atoms with E-state index in [1.807, 2.05) is 13.8 Å². The van der Waals surface area contributed by atoms with E-state index in [9.17, 15) is 63.4 Å². The quantitative estimate of drug-likeness (QED) is 0.0438. The van der Waals surface area contributed by atoms with Gasteiger partial charge in [0.2, 0.25) is 17.5 Å². The van der Waals surface area contributed by atoms with E-state index in [0.717, 1.165) is 11.4 Å². The van der Waals surface area contributed by atoms with E-state index < -0.39 is 102 Å². The number of hydrogen-bond donors (Lipinski definition) is 10. The fourth-order valence-corrected chi connectivity index (χ4v) is 7.82. The maximum absolute atomic E-state index is 12.6. The van der Waals surface area contributed by atoms with Crippen LogP contribution >= 0.6 is 0 Å². The van der Waals surface area contributed by atoms with Gasteiger partial charge in [0.1, 0.15) is 65.4 Å². The van der Waals surface area contributed by atoms with E-state index in [0.29, 0.717) is 57.1 Å². The monoisotopic (exact) mass is 775 g/mol. The van der Waals surface area contributed by atoms with Crippen molar-refractivity contribution in [3.63, 3.8) is 0 Å². The average Bonchev–Trinajstić information content (AvgIpc) is 3.32. The summed E-state index contributed by atoms with van der Waals surface area (Å²) >= 11 is 0. The molecule has 1 unspecified atom stereocenters. The molecule has 18 nitrogen and oxygen atoms in total. The van der Waals surface area contributed by atoms with E-state index in [4.69, 9.17) is 9.47 Å². The highest BCUT2D eigenvalue weighted by Crippen LogP contribution is 2.44. The summed E-state index contributed by atoms with van der Waals surface area (Å²) in [6, 6.07) is 1.75. The summed E-state index contributed by atoms with van der Waals surface area (Å²) in [5, 5.41) is 84.3. The SMILES string of the molecule is CC1=[N+](CCCCCC(=O)N[C@H]2[C@H](O)[C@@H](O)[C@H](CO)O[C@@H]2O)c2ccc(S(=O)(=O)[O-])cc2C1(C)CCCCCC(=O)N[C@H]1[C@H](O)[C@@H](O)[C@H](CO)O[C@@H]1O. The molecule has 19 heteroatoms. The number of hydrogen-bond acceptors (Lipinski definition) is 15. The van der Waals surface area contributed by atoms with Gasteiger partial charge >= 0.3 is 0 Å². The van der Waals surface area contributed by atoms with Crippen molar-refractivity contribution in [3.05, 3.63) is 23.8 Å². The third-order valence-corrected chi connectivity index (χ3v) is 11.5. The molecule has 3 aliphatic rings. The molecule has 10 N–H and O–H groups in total. The molecule has 11 atom stereocenters. The standard InChI is InChI=1S/C34H53N3O15S/c1-18-34(2,13-7-3-5-9-24(40)35-26-30(44)28(42)22(16-38)51-32(26)46)20-15-19(53(48,49)50)11-12-21(20)37(18)14-8-4-6-10-25(41)36-27-31(45)29(43)23(17-39)52-33(27)47/h11-12,15,22-23,26-33,38-39,42-47H,3-10,13-14,16-17H2,1-2H3,(H2-,35,36,40,41,48,49,50)/t22-,23-,26-,27-,28-,29-,30-,31-,32-,33-,34?/m0/s1. The van der Waals surface area contributed by atoms with Crippen LogP contribution in [0.4, 0.5) is 5.69 Å². The molecule has 3 heterocycles. The fourth-order valence-electron chi connectivity index (χ4n) is 7.32. The van der Waals surface area contributed by atoms with Gasteiger partial charge in [-0.25, -0.2) is 8.42 Å². The molecular weight excluding hydrogens is 722 g/mol. The molecule has 0 radical (unpaired) electrons. The molecule has 0 saturated carbocycles. The molecule has 2 saturated heterocycles. The van der Waals surface area contributed by atoms with Crippen molar-refractivity contribution in [3.8, 4) is 0 Å². The molecule has 0 aliphatic carbocycles. The molecule has 3 aliphatic heterocycles. The number of carbonyl (C=O) groups excluding carboxylic acids is 2.